The Bertz CT molecular complexity index is 1800. The van der Waals surface area contributed by atoms with Gasteiger partial charge in [0.1, 0.15) is 22.2 Å². The zero-order valence-corrected chi connectivity index (χ0v) is 30.2. The zero-order valence-electron chi connectivity index (χ0n) is 28.5. The van der Waals surface area contributed by atoms with Crippen molar-refractivity contribution in [1.29, 1.82) is 0 Å². The van der Waals surface area contributed by atoms with Gasteiger partial charge in [0.05, 0.1) is 35.3 Å². The first-order valence-corrected chi connectivity index (χ1v) is 19.0. The van der Waals surface area contributed by atoms with Gasteiger partial charge in [0.25, 0.3) is 15.9 Å². The van der Waals surface area contributed by atoms with E-state index < -0.39 is 49.8 Å². The predicted octanol–water partition coefficient (Wildman–Crippen LogP) is 4.35. The van der Waals surface area contributed by atoms with Crippen LogP contribution in [0.25, 0.3) is 0 Å². The van der Waals surface area contributed by atoms with Crippen LogP contribution in [0.3, 0.4) is 0 Å². The molecule has 49 heavy (non-hydrogen) atoms. The number of hydrogen-bond acceptors (Lipinski definition) is 10. The van der Waals surface area contributed by atoms with Crippen LogP contribution < -0.4 is 9.46 Å². The van der Waals surface area contributed by atoms with Crippen LogP contribution in [0.4, 0.5) is 10.1 Å². The van der Waals surface area contributed by atoms with Crippen LogP contribution in [0, 0.1) is 25.6 Å². The number of halogens is 1. The lowest BCUT2D eigenvalue weighted by molar-refractivity contribution is -0.00835. The number of aryl methyl sites for hydroxylation is 2. The van der Waals surface area contributed by atoms with Crippen LogP contribution in [0.5, 0.6) is 5.75 Å². The summed E-state index contributed by atoms with van der Waals surface area (Å²) in [6.07, 6.45) is 1.05. The molecule has 270 valence electrons. The molecule has 1 aliphatic heterocycles. The summed E-state index contributed by atoms with van der Waals surface area (Å²) in [4.78, 5) is 15.6. The van der Waals surface area contributed by atoms with Crippen molar-refractivity contribution >= 4 is 31.6 Å². The molecule has 1 amide bonds. The molecule has 0 saturated carbocycles. The van der Waals surface area contributed by atoms with Crippen LogP contribution in [0.2, 0.25) is 0 Å². The van der Waals surface area contributed by atoms with E-state index in [0.717, 1.165) is 30.7 Å². The molecule has 1 aliphatic rings. The van der Waals surface area contributed by atoms with E-state index in [-0.39, 0.29) is 64.0 Å². The van der Waals surface area contributed by atoms with Gasteiger partial charge in [-0.3, -0.25) is 9.52 Å². The second-order valence-corrected chi connectivity index (χ2v) is 16.2. The van der Waals surface area contributed by atoms with Crippen LogP contribution in [-0.4, -0.2) is 93.8 Å². The zero-order chi connectivity index (χ0) is 36.1. The molecule has 0 saturated heterocycles. The second kappa shape index (κ2) is 16.0. The molecule has 3 aromatic rings. The van der Waals surface area contributed by atoms with Gasteiger partial charge >= 0.3 is 0 Å². The number of nitrogens with zero attached hydrogens (tertiary/aromatic N) is 3. The Kier molecular flexibility index (Phi) is 12.5. The molecule has 2 heterocycles. The number of nitrogens with one attached hydrogen (secondary N) is 1. The Morgan fingerprint density at radius 1 is 1.10 bits per heavy atom. The Labute approximate surface area is 287 Å². The van der Waals surface area contributed by atoms with Gasteiger partial charge in [0, 0.05) is 38.3 Å². The summed E-state index contributed by atoms with van der Waals surface area (Å²) < 4.78 is 88.0. The van der Waals surface area contributed by atoms with E-state index >= 15 is 0 Å². The number of amides is 1. The summed E-state index contributed by atoms with van der Waals surface area (Å²) in [7, 11) is -6.67. The number of carbonyl (C=O) groups is 1. The van der Waals surface area contributed by atoms with Gasteiger partial charge in [0.15, 0.2) is 5.76 Å². The van der Waals surface area contributed by atoms with Crippen molar-refractivity contribution in [3.63, 3.8) is 0 Å². The molecule has 4 rings (SSSR count). The fourth-order valence-electron chi connectivity index (χ4n) is 5.63. The van der Waals surface area contributed by atoms with Crippen molar-refractivity contribution in [3.8, 4) is 5.75 Å². The number of aliphatic hydroxyl groups excluding tert-OH is 1. The smallest absolute Gasteiger partial charge is 0.261 e. The quantitative estimate of drug-likeness (QED) is 0.324. The minimum atomic E-state index is -4.13. The number of anilines is 1. The summed E-state index contributed by atoms with van der Waals surface area (Å²) in [5.41, 5.74) is 0.379. The van der Waals surface area contributed by atoms with Crippen LogP contribution >= 0.6 is 0 Å². The molecule has 4 atom stereocenters. The molecule has 2 aromatic carbocycles. The lowest BCUT2D eigenvalue weighted by Gasteiger charge is -2.35. The topological polar surface area (TPSA) is 169 Å². The SMILES string of the molecule is Cc1noc(C)c1S(=O)(=O)N(C)C[C@H]1OCCCC[C@H](C)Oc2ccc(NS(=O)(=O)c3ccc(F)cc3)cc2C(=O)N([C@H](C)CO)C[C@@H]1C. The molecule has 0 spiro atoms. The number of ether oxygens (including phenoxy) is 2. The first-order valence-electron chi connectivity index (χ1n) is 16.1. The van der Waals surface area contributed by atoms with Crippen LogP contribution in [-0.2, 0) is 24.8 Å². The fourth-order valence-corrected chi connectivity index (χ4v) is 8.14. The average molecular weight is 725 g/mol. The van der Waals surface area contributed by atoms with E-state index in [1.165, 1.54) is 41.4 Å². The van der Waals surface area contributed by atoms with E-state index in [1.807, 2.05) is 13.8 Å². The lowest BCUT2D eigenvalue weighted by Crippen LogP contribution is -2.48. The number of benzene rings is 2. The first kappa shape index (κ1) is 38.2. The molecule has 16 heteroatoms. The highest BCUT2D eigenvalue weighted by Crippen LogP contribution is 2.30. The Morgan fingerprint density at radius 3 is 2.43 bits per heavy atom. The summed E-state index contributed by atoms with van der Waals surface area (Å²) >= 11 is 0. The highest BCUT2D eigenvalue weighted by molar-refractivity contribution is 7.92. The molecule has 2 N–H and O–H groups in total. The Hall–Kier alpha value is -3.57. The van der Waals surface area contributed by atoms with E-state index in [1.54, 1.807) is 13.8 Å². The van der Waals surface area contributed by atoms with Gasteiger partial charge in [-0.25, -0.2) is 21.2 Å². The molecule has 0 fully saturated rings. The standard InChI is InChI=1S/C33H45FN4O9S2/c1-21-18-38(22(2)20-39)33(40)29-17-27(36-48(41,42)28-13-10-26(34)11-14-28)12-15-30(29)46-23(3)9-7-8-16-45-31(21)19-37(6)49(43,44)32-24(4)35-47-25(32)5/h10-15,17,21-23,31,36,39H,7-9,16,18-20H2,1-6H3/t21-,22+,23-,31+/m0/s1. The maximum Gasteiger partial charge on any atom is 0.261 e. The fraction of sp³-hybridized carbons (Fsp3) is 0.515. The third kappa shape index (κ3) is 9.16. The maximum atomic E-state index is 14.4. The first-order chi connectivity index (χ1) is 23.0. The largest absolute Gasteiger partial charge is 0.490 e. The lowest BCUT2D eigenvalue weighted by atomic mass is 10.0. The van der Waals surface area contributed by atoms with Gasteiger partial charge in [-0.15, -0.1) is 0 Å². The Morgan fingerprint density at radius 2 is 1.80 bits per heavy atom. The minimum Gasteiger partial charge on any atom is -0.490 e. The van der Waals surface area contributed by atoms with Gasteiger partial charge in [-0.05, 0) is 89.4 Å². The number of aliphatic hydroxyl groups is 1. The number of hydrogen-bond donors (Lipinski definition) is 2. The van der Waals surface area contributed by atoms with Gasteiger partial charge in [0.2, 0.25) is 10.0 Å². The highest BCUT2D eigenvalue weighted by atomic mass is 32.2. The molecule has 1 aromatic heterocycles. The van der Waals surface area contributed by atoms with Crippen LogP contribution in [0.1, 0.15) is 61.8 Å². The number of aromatic nitrogens is 1. The molecular formula is C33H45FN4O9S2. The van der Waals surface area contributed by atoms with Gasteiger partial charge in [-0.1, -0.05) is 12.1 Å². The monoisotopic (exact) mass is 724 g/mol. The third-order valence-corrected chi connectivity index (χ3v) is 12.0. The van der Waals surface area contributed by atoms with Crippen molar-refractivity contribution in [2.45, 2.75) is 81.9 Å². The number of carbonyl (C=O) groups excluding carboxylic acids is 1. The van der Waals surface area contributed by atoms with Crippen molar-refractivity contribution in [1.82, 2.24) is 14.4 Å². The van der Waals surface area contributed by atoms with Crippen molar-refractivity contribution in [2.75, 3.05) is 38.1 Å². The summed E-state index contributed by atoms with van der Waals surface area (Å²) in [5, 5.41) is 14.0. The molecule has 0 unspecified atom stereocenters. The summed E-state index contributed by atoms with van der Waals surface area (Å²) in [5.74, 6) is -1.14. The maximum absolute atomic E-state index is 14.4. The molecule has 0 radical (unpaired) electrons. The van der Waals surface area contributed by atoms with Gasteiger partial charge in [-0.2, -0.15) is 4.31 Å². The normalized spacial score (nSPS) is 20.7. The number of fused-ring (bicyclic) bond motifs is 1. The average Bonchev–Trinajstić information content (AvgIpc) is 3.40. The van der Waals surface area contributed by atoms with Crippen molar-refractivity contribution in [3.05, 3.63) is 65.3 Å². The van der Waals surface area contributed by atoms with Crippen LogP contribution in [0.15, 0.2) is 56.8 Å². The number of likely N-dealkylation sites (N-methyl/N-ethyl adjacent to an activating group) is 1. The third-order valence-electron chi connectivity index (χ3n) is 8.50. The van der Waals surface area contributed by atoms with Crippen molar-refractivity contribution in [2.24, 2.45) is 5.92 Å². The Balaban J connectivity index is 1.69. The predicted molar refractivity (Wildman–Crippen MR) is 180 cm³/mol. The minimum absolute atomic E-state index is 0.00861. The number of sulfonamides is 2. The van der Waals surface area contributed by atoms with Crippen molar-refractivity contribution < 1.29 is 45.1 Å². The second-order valence-electron chi connectivity index (χ2n) is 12.5. The van der Waals surface area contributed by atoms with E-state index in [2.05, 4.69) is 9.88 Å². The number of rotatable bonds is 9. The highest BCUT2D eigenvalue weighted by Gasteiger charge is 2.34. The molecule has 13 nitrogen and oxygen atoms in total. The molecular weight excluding hydrogens is 680 g/mol. The molecule has 0 aliphatic carbocycles. The summed E-state index contributed by atoms with van der Waals surface area (Å²) in [6, 6.07) is 8.02. The molecule has 0 bridgehead atoms. The van der Waals surface area contributed by atoms with E-state index in [0.29, 0.717) is 19.4 Å². The van der Waals surface area contributed by atoms with E-state index in [9.17, 15) is 31.1 Å². The van der Waals surface area contributed by atoms with Gasteiger partial charge < -0.3 is 24.0 Å². The summed E-state index contributed by atoms with van der Waals surface area (Å²) in [6.45, 7) is 8.44. The van der Waals surface area contributed by atoms with E-state index in [4.69, 9.17) is 14.0 Å².